The van der Waals surface area contributed by atoms with Gasteiger partial charge in [0.05, 0.1) is 17.7 Å². The van der Waals surface area contributed by atoms with Gasteiger partial charge in [0.15, 0.2) is 11.5 Å². The van der Waals surface area contributed by atoms with Crippen LogP contribution < -0.4 is 14.3 Å². The number of hydrazone groups is 1. The molecule has 0 amide bonds. The molecule has 0 aliphatic heterocycles. The Labute approximate surface area is 153 Å². The number of hydrogen-bond donors (Lipinski definition) is 1. The summed E-state index contributed by atoms with van der Waals surface area (Å²) >= 11 is 0. The summed E-state index contributed by atoms with van der Waals surface area (Å²) < 4.78 is 35.3. The number of hydrogen-bond acceptors (Lipinski definition) is 5. The highest BCUT2D eigenvalue weighted by molar-refractivity contribution is 7.89. The number of sulfonamides is 1. The summed E-state index contributed by atoms with van der Waals surface area (Å²) in [5.74, 6) is 3.41. The van der Waals surface area contributed by atoms with E-state index in [1.165, 1.54) is 18.3 Å². The summed E-state index contributed by atoms with van der Waals surface area (Å²) in [6, 6.07) is 11.6. The van der Waals surface area contributed by atoms with Crippen molar-refractivity contribution >= 4 is 16.2 Å². The van der Waals surface area contributed by atoms with Crippen LogP contribution in [-0.4, -0.2) is 27.8 Å². The monoisotopic (exact) mass is 372 g/mol. The highest BCUT2D eigenvalue weighted by Gasteiger charge is 2.12. The van der Waals surface area contributed by atoms with Gasteiger partial charge in [0.2, 0.25) is 0 Å². The highest BCUT2D eigenvalue weighted by atomic mass is 32.2. The molecule has 0 aromatic heterocycles. The highest BCUT2D eigenvalue weighted by Crippen LogP contribution is 2.28. The number of aryl methyl sites for hydroxylation is 1. The van der Waals surface area contributed by atoms with Crippen molar-refractivity contribution in [1.29, 1.82) is 0 Å². The maximum absolute atomic E-state index is 12.2. The smallest absolute Gasteiger partial charge is 0.276 e. The van der Waals surface area contributed by atoms with Crippen molar-refractivity contribution in [3.05, 3.63) is 53.6 Å². The van der Waals surface area contributed by atoms with Crippen molar-refractivity contribution in [3.63, 3.8) is 0 Å². The molecule has 0 aliphatic carbocycles. The van der Waals surface area contributed by atoms with Gasteiger partial charge in [0.25, 0.3) is 10.0 Å². The Kier molecular flexibility index (Phi) is 6.64. The molecule has 0 spiro atoms. The van der Waals surface area contributed by atoms with Crippen LogP contribution in [0.15, 0.2) is 52.5 Å². The first-order valence-electron chi connectivity index (χ1n) is 7.91. The van der Waals surface area contributed by atoms with Crippen LogP contribution in [-0.2, 0) is 10.0 Å². The molecule has 0 radical (unpaired) electrons. The molecule has 26 heavy (non-hydrogen) atoms. The Morgan fingerprint density at radius 2 is 1.88 bits per heavy atom. The lowest BCUT2D eigenvalue weighted by Crippen LogP contribution is -2.18. The zero-order valence-corrected chi connectivity index (χ0v) is 15.4. The van der Waals surface area contributed by atoms with Gasteiger partial charge >= 0.3 is 0 Å². The Morgan fingerprint density at radius 3 is 2.54 bits per heavy atom. The van der Waals surface area contributed by atoms with Crippen LogP contribution in [0, 0.1) is 19.3 Å². The first-order chi connectivity index (χ1) is 12.5. The lowest BCUT2D eigenvalue weighted by atomic mass is 10.2. The molecule has 2 aromatic rings. The molecular formula is C19H20N2O4S. The predicted molar refractivity (Wildman–Crippen MR) is 101 cm³/mol. The summed E-state index contributed by atoms with van der Waals surface area (Å²) in [6.07, 6.45) is 6.58. The maximum atomic E-state index is 12.2. The Hall–Kier alpha value is -2.98. The van der Waals surface area contributed by atoms with Gasteiger partial charge in [-0.15, -0.1) is 6.42 Å². The molecular weight excluding hydrogens is 352 g/mol. The second-order valence-electron chi connectivity index (χ2n) is 5.30. The molecule has 0 unspecified atom stereocenters. The van der Waals surface area contributed by atoms with Gasteiger partial charge in [-0.05, 0) is 49.7 Å². The molecule has 0 saturated heterocycles. The minimum absolute atomic E-state index is 0.129. The number of rotatable bonds is 8. The quantitative estimate of drug-likeness (QED) is 0.439. The van der Waals surface area contributed by atoms with Crippen LogP contribution in [0.25, 0.3) is 0 Å². The van der Waals surface area contributed by atoms with E-state index in [1.54, 1.807) is 30.3 Å². The average Bonchev–Trinajstić information content (AvgIpc) is 2.61. The minimum atomic E-state index is -3.71. The number of nitrogens with zero attached hydrogens (tertiary/aromatic N) is 1. The molecule has 0 aliphatic rings. The first kappa shape index (κ1) is 19.3. The maximum Gasteiger partial charge on any atom is 0.276 e. The molecule has 0 atom stereocenters. The molecule has 0 saturated carbocycles. The van der Waals surface area contributed by atoms with E-state index in [-0.39, 0.29) is 11.5 Å². The summed E-state index contributed by atoms with van der Waals surface area (Å²) in [4.78, 5) is 2.33. The molecule has 136 valence electrons. The lowest BCUT2D eigenvalue weighted by Gasteiger charge is -2.10. The molecule has 0 bridgehead atoms. The van der Waals surface area contributed by atoms with Crippen LogP contribution >= 0.6 is 0 Å². The Bertz CT molecular complexity index is 914. The Balaban J connectivity index is 2.13. The van der Waals surface area contributed by atoms with E-state index in [0.29, 0.717) is 23.7 Å². The fourth-order valence-corrected chi connectivity index (χ4v) is 2.84. The van der Waals surface area contributed by atoms with Gasteiger partial charge in [-0.1, -0.05) is 23.6 Å². The van der Waals surface area contributed by atoms with Crippen LogP contribution in [0.5, 0.6) is 11.5 Å². The van der Waals surface area contributed by atoms with Crippen molar-refractivity contribution in [2.45, 2.75) is 18.7 Å². The molecule has 6 nitrogen and oxygen atoms in total. The van der Waals surface area contributed by atoms with Crippen molar-refractivity contribution in [2.24, 2.45) is 5.10 Å². The summed E-state index contributed by atoms with van der Waals surface area (Å²) in [5, 5.41) is 3.81. The van der Waals surface area contributed by atoms with E-state index >= 15 is 0 Å². The van der Waals surface area contributed by atoms with E-state index in [2.05, 4.69) is 15.9 Å². The molecule has 2 rings (SSSR count). The van der Waals surface area contributed by atoms with Gasteiger partial charge in [0, 0.05) is 0 Å². The van der Waals surface area contributed by atoms with E-state index in [0.717, 1.165) is 5.56 Å². The lowest BCUT2D eigenvalue weighted by molar-refractivity contribution is 0.299. The second-order valence-corrected chi connectivity index (χ2v) is 6.96. The molecule has 2 aromatic carbocycles. The second kappa shape index (κ2) is 8.92. The van der Waals surface area contributed by atoms with Crippen molar-refractivity contribution < 1.29 is 17.9 Å². The number of nitrogens with one attached hydrogen (secondary N) is 1. The molecule has 0 fully saturated rings. The van der Waals surface area contributed by atoms with Crippen LogP contribution in [0.2, 0.25) is 0 Å². The van der Waals surface area contributed by atoms with Crippen molar-refractivity contribution in [2.75, 3.05) is 13.2 Å². The fraction of sp³-hybridized carbons (Fsp3) is 0.211. The number of benzene rings is 2. The van der Waals surface area contributed by atoms with E-state index < -0.39 is 10.0 Å². The predicted octanol–water partition coefficient (Wildman–Crippen LogP) is 2.72. The normalized spacial score (nSPS) is 11.1. The van der Waals surface area contributed by atoms with Gasteiger partial charge in [-0.2, -0.15) is 13.5 Å². The topological polar surface area (TPSA) is 77.0 Å². The number of ether oxygens (including phenoxy) is 2. The van der Waals surface area contributed by atoms with Gasteiger partial charge in [0.1, 0.15) is 6.61 Å². The zero-order valence-electron chi connectivity index (χ0n) is 14.6. The third kappa shape index (κ3) is 5.26. The fourth-order valence-electron chi connectivity index (χ4n) is 2.05. The van der Waals surface area contributed by atoms with E-state index in [9.17, 15) is 8.42 Å². The molecule has 0 heterocycles. The number of terminal acetylenes is 1. The molecule has 1 N–H and O–H groups in total. The first-order valence-corrected chi connectivity index (χ1v) is 9.39. The van der Waals surface area contributed by atoms with Crippen LogP contribution in [0.3, 0.4) is 0 Å². The third-order valence-electron chi connectivity index (χ3n) is 3.30. The third-order valence-corrected chi connectivity index (χ3v) is 4.53. The van der Waals surface area contributed by atoms with E-state index in [4.69, 9.17) is 15.9 Å². The standard InChI is InChI=1S/C19H20N2O4S/c1-4-12-25-18-11-8-16(13-19(18)24-5-2)14-20-21-26(22,23)17-9-6-15(3)7-10-17/h1,6-11,13-14,21H,5,12H2,2-3H3/b20-14-. The van der Waals surface area contributed by atoms with Crippen LogP contribution in [0.1, 0.15) is 18.1 Å². The summed E-state index contributed by atoms with van der Waals surface area (Å²) in [7, 11) is -3.71. The van der Waals surface area contributed by atoms with Gasteiger partial charge in [-0.25, -0.2) is 4.83 Å². The van der Waals surface area contributed by atoms with Crippen LogP contribution in [0.4, 0.5) is 0 Å². The summed E-state index contributed by atoms with van der Waals surface area (Å²) in [5.41, 5.74) is 1.62. The molecule has 7 heteroatoms. The van der Waals surface area contributed by atoms with Gasteiger partial charge in [-0.3, -0.25) is 0 Å². The zero-order chi connectivity index (χ0) is 19.0. The average molecular weight is 372 g/mol. The van der Waals surface area contributed by atoms with Gasteiger partial charge < -0.3 is 9.47 Å². The van der Waals surface area contributed by atoms with Crippen molar-refractivity contribution in [1.82, 2.24) is 4.83 Å². The Morgan fingerprint density at radius 1 is 1.15 bits per heavy atom. The minimum Gasteiger partial charge on any atom is -0.490 e. The SMILES string of the molecule is C#CCOc1ccc(/C=N\NS(=O)(=O)c2ccc(C)cc2)cc1OCC. The van der Waals surface area contributed by atoms with E-state index in [1.807, 2.05) is 13.8 Å². The largest absolute Gasteiger partial charge is 0.490 e. The van der Waals surface area contributed by atoms with Crippen molar-refractivity contribution in [3.8, 4) is 23.8 Å². The summed E-state index contributed by atoms with van der Waals surface area (Å²) in [6.45, 7) is 4.31.